The molecule has 1 aliphatic rings. The largest absolute Gasteiger partial charge is 0.383 e. The molecule has 0 aliphatic carbocycles. The first-order valence-corrected chi connectivity index (χ1v) is 7.27. The van der Waals surface area contributed by atoms with Crippen LogP contribution in [0, 0.1) is 0 Å². The van der Waals surface area contributed by atoms with Crippen LogP contribution in [0.15, 0.2) is 6.20 Å². The van der Waals surface area contributed by atoms with Crippen molar-refractivity contribution in [1.82, 2.24) is 30.1 Å². The molecule has 1 N–H and O–H groups in total. The summed E-state index contributed by atoms with van der Waals surface area (Å²) in [5.74, 6) is 0. The Morgan fingerprint density at radius 3 is 2.80 bits per heavy atom. The van der Waals surface area contributed by atoms with Crippen molar-refractivity contribution in [2.75, 3.05) is 60.0 Å². The lowest BCUT2D eigenvalue weighted by Crippen LogP contribution is -2.45. The van der Waals surface area contributed by atoms with E-state index in [-0.39, 0.29) is 0 Å². The van der Waals surface area contributed by atoms with Gasteiger partial charge >= 0.3 is 0 Å². The van der Waals surface area contributed by atoms with E-state index in [2.05, 4.69) is 32.5 Å². The van der Waals surface area contributed by atoms with Crippen LogP contribution >= 0.6 is 0 Å². The maximum Gasteiger partial charge on any atom is 0.0964 e. The Morgan fingerprint density at radius 1 is 1.25 bits per heavy atom. The van der Waals surface area contributed by atoms with E-state index >= 15 is 0 Å². The van der Waals surface area contributed by atoms with Crippen LogP contribution < -0.4 is 5.32 Å². The third-order valence-corrected chi connectivity index (χ3v) is 3.62. The molecule has 20 heavy (non-hydrogen) atoms. The van der Waals surface area contributed by atoms with Gasteiger partial charge in [-0.15, -0.1) is 5.10 Å². The van der Waals surface area contributed by atoms with Crippen LogP contribution in [0.1, 0.15) is 5.69 Å². The zero-order chi connectivity index (χ0) is 14.2. The fraction of sp³-hybridized carbons (Fsp3) is 0.846. The molecular formula is C13H26N6O. The molecule has 7 nitrogen and oxygen atoms in total. The van der Waals surface area contributed by atoms with Gasteiger partial charge in [0.2, 0.25) is 0 Å². The number of aromatic nitrogens is 3. The highest BCUT2D eigenvalue weighted by Gasteiger charge is 2.13. The minimum atomic E-state index is 0.720. The Morgan fingerprint density at radius 2 is 2.05 bits per heavy atom. The fourth-order valence-electron chi connectivity index (χ4n) is 2.23. The number of piperazine rings is 1. The number of nitrogens with one attached hydrogen (secondary N) is 1. The summed E-state index contributed by atoms with van der Waals surface area (Å²) >= 11 is 0. The zero-order valence-corrected chi connectivity index (χ0v) is 12.6. The molecule has 0 unspecified atom stereocenters. The molecule has 7 heteroatoms. The Labute approximate surface area is 120 Å². The number of hydrogen-bond donors (Lipinski definition) is 1. The molecule has 2 heterocycles. The maximum atomic E-state index is 4.99. The van der Waals surface area contributed by atoms with E-state index < -0.39 is 0 Å². The van der Waals surface area contributed by atoms with Crippen molar-refractivity contribution < 1.29 is 4.74 Å². The average molecular weight is 282 g/mol. The van der Waals surface area contributed by atoms with Crippen LogP contribution in [0.25, 0.3) is 0 Å². The molecule has 1 saturated heterocycles. The van der Waals surface area contributed by atoms with Crippen LogP contribution in [0.2, 0.25) is 0 Å². The Kier molecular flexibility index (Phi) is 6.38. The average Bonchev–Trinajstić information content (AvgIpc) is 2.91. The van der Waals surface area contributed by atoms with Crippen molar-refractivity contribution >= 4 is 0 Å². The molecule has 0 spiro atoms. The number of nitrogens with zero attached hydrogens (tertiary/aromatic N) is 5. The minimum Gasteiger partial charge on any atom is -0.383 e. The van der Waals surface area contributed by atoms with Crippen LogP contribution in [0.3, 0.4) is 0 Å². The number of hydrogen-bond acceptors (Lipinski definition) is 6. The highest BCUT2D eigenvalue weighted by molar-refractivity contribution is 4.91. The molecule has 114 valence electrons. The molecule has 0 bridgehead atoms. The highest BCUT2D eigenvalue weighted by Crippen LogP contribution is 2.00. The van der Waals surface area contributed by atoms with E-state index in [9.17, 15) is 0 Å². The number of likely N-dealkylation sites (N-methyl/N-ethyl adjacent to an activating group) is 1. The van der Waals surface area contributed by atoms with Gasteiger partial charge in [0.25, 0.3) is 0 Å². The molecule has 0 aromatic carbocycles. The zero-order valence-electron chi connectivity index (χ0n) is 12.6. The topological polar surface area (TPSA) is 58.5 Å². The van der Waals surface area contributed by atoms with Gasteiger partial charge in [-0.1, -0.05) is 5.21 Å². The van der Waals surface area contributed by atoms with Gasteiger partial charge in [-0.2, -0.15) is 0 Å². The van der Waals surface area contributed by atoms with Gasteiger partial charge in [0.05, 0.1) is 18.8 Å². The van der Waals surface area contributed by atoms with Crippen molar-refractivity contribution in [2.45, 2.75) is 13.1 Å². The van der Waals surface area contributed by atoms with Gasteiger partial charge < -0.3 is 15.0 Å². The Balaban J connectivity index is 1.65. The first-order chi connectivity index (χ1) is 9.78. The maximum absolute atomic E-state index is 4.99. The quantitative estimate of drug-likeness (QED) is 0.634. The third kappa shape index (κ3) is 5.16. The fourth-order valence-corrected chi connectivity index (χ4v) is 2.23. The molecule has 0 saturated carbocycles. The number of rotatable bonds is 8. The van der Waals surface area contributed by atoms with Gasteiger partial charge in [0, 0.05) is 59.1 Å². The normalized spacial score (nSPS) is 17.7. The lowest BCUT2D eigenvalue weighted by Gasteiger charge is -2.32. The van der Waals surface area contributed by atoms with E-state index in [0.717, 1.165) is 64.7 Å². The van der Waals surface area contributed by atoms with Gasteiger partial charge in [-0.25, -0.2) is 0 Å². The minimum absolute atomic E-state index is 0.720. The number of methoxy groups -OCH3 is 1. The second kappa shape index (κ2) is 8.31. The van der Waals surface area contributed by atoms with Gasteiger partial charge in [0.1, 0.15) is 0 Å². The summed E-state index contributed by atoms with van der Waals surface area (Å²) in [5, 5.41) is 11.6. The third-order valence-electron chi connectivity index (χ3n) is 3.62. The van der Waals surface area contributed by atoms with Crippen molar-refractivity contribution in [3.63, 3.8) is 0 Å². The summed E-state index contributed by atoms with van der Waals surface area (Å²) in [6, 6.07) is 0. The van der Waals surface area contributed by atoms with Crippen molar-refractivity contribution in [2.24, 2.45) is 0 Å². The monoisotopic (exact) mass is 282 g/mol. The van der Waals surface area contributed by atoms with E-state index in [1.807, 2.05) is 10.9 Å². The summed E-state index contributed by atoms with van der Waals surface area (Å²) in [5.41, 5.74) is 0.986. The molecule has 1 aromatic heterocycles. The first-order valence-electron chi connectivity index (χ1n) is 7.27. The predicted molar refractivity (Wildman–Crippen MR) is 77.5 cm³/mol. The van der Waals surface area contributed by atoms with Crippen LogP contribution in [-0.4, -0.2) is 84.8 Å². The van der Waals surface area contributed by atoms with E-state index in [1.165, 1.54) is 0 Å². The summed E-state index contributed by atoms with van der Waals surface area (Å²) in [6.45, 7) is 8.88. The van der Waals surface area contributed by atoms with Gasteiger partial charge in [0.15, 0.2) is 0 Å². The van der Waals surface area contributed by atoms with E-state index in [0.29, 0.717) is 0 Å². The van der Waals surface area contributed by atoms with Crippen molar-refractivity contribution in [3.8, 4) is 0 Å². The van der Waals surface area contributed by atoms with Crippen molar-refractivity contribution in [1.29, 1.82) is 0 Å². The first kappa shape index (κ1) is 15.4. The molecule has 0 radical (unpaired) electrons. The lowest BCUT2D eigenvalue weighted by atomic mass is 10.3. The Bertz CT molecular complexity index is 375. The standard InChI is InChI=1S/C13H26N6O/c1-17-4-6-18(7-5-17)8-9-19-12-13(15-16-19)11-14-3-10-20-2/h12,14H,3-11H2,1-2H3. The molecule has 1 aromatic rings. The Hall–Kier alpha value is -1.02. The van der Waals surface area contributed by atoms with Crippen LogP contribution in [0.5, 0.6) is 0 Å². The molecule has 0 atom stereocenters. The smallest absolute Gasteiger partial charge is 0.0964 e. The van der Waals surface area contributed by atoms with Crippen LogP contribution in [0.4, 0.5) is 0 Å². The summed E-state index contributed by atoms with van der Waals surface area (Å²) < 4.78 is 6.92. The van der Waals surface area contributed by atoms with Crippen LogP contribution in [-0.2, 0) is 17.8 Å². The van der Waals surface area contributed by atoms with E-state index in [4.69, 9.17) is 4.74 Å². The SMILES string of the molecule is COCCNCc1cn(CCN2CCN(C)CC2)nn1. The molecule has 0 amide bonds. The van der Waals surface area contributed by atoms with Gasteiger partial charge in [-0.05, 0) is 7.05 Å². The summed E-state index contributed by atoms with van der Waals surface area (Å²) in [4.78, 5) is 4.86. The summed E-state index contributed by atoms with van der Waals surface area (Å²) in [7, 11) is 3.88. The highest BCUT2D eigenvalue weighted by atomic mass is 16.5. The second-order valence-corrected chi connectivity index (χ2v) is 5.29. The predicted octanol–water partition coefficient (Wildman–Crippen LogP) is -0.738. The summed E-state index contributed by atoms with van der Waals surface area (Å²) in [6.07, 6.45) is 2.02. The van der Waals surface area contributed by atoms with Crippen molar-refractivity contribution in [3.05, 3.63) is 11.9 Å². The lowest BCUT2D eigenvalue weighted by molar-refractivity contribution is 0.148. The molecule has 1 fully saturated rings. The molecular weight excluding hydrogens is 256 g/mol. The number of ether oxygens (including phenoxy) is 1. The van der Waals surface area contributed by atoms with E-state index in [1.54, 1.807) is 7.11 Å². The van der Waals surface area contributed by atoms with Gasteiger partial charge in [-0.3, -0.25) is 9.58 Å². The second-order valence-electron chi connectivity index (χ2n) is 5.29. The molecule has 1 aliphatic heterocycles. The molecule has 2 rings (SSSR count).